The molecule has 0 bridgehead atoms. The lowest BCUT2D eigenvalue weighted by atomic mass is 10.1. The zero-order valence-electron chi connectivity index (χ0n) is 10.6. The lowest BCUT2D eigenvalue weighted by Gasteiger charge is -2.22. The van der Waals surface area contributed by atoms with E-state index in [0.29, 0.717) is 17.9 Å². The molecular weight excluding hydrogens is 230 g/mol. The summed E-state index contributed by atoms with van der Waals surface area (Å²) in [5, 5.41) is 0. The van der Waals surface area contributed by atoms with Crippen LogP contribution < -0.4 is 5.73 Å². The Morgan fingerprint density at radius 1 is 1.50 bits per heavy atom. The van der Waals surface area contributed by atoms with Gasteiger partial charge in [0.2, 0.25) is 0 Å². The van der Waals surface area contributed by atoms with Gasteiger partial charge in [0.15, 0.2) is 0 Å². The minimum atomic E-state index is -0.304. The molecule has 1 heterocycles. The molecule has 0 spiro atoms. The summed E-state index contributed by atoms with van der Waals surface area (Å²) in [7, 11) is 0. The standard InChI is InChI=1S/C14H19NO3/c1-10-8-11(15)5-6-13(10)14(16)18-9-12-4-2-3-7-17-12/h5-6,8,12H,2-4,7,9,15H2,1H3. The van der Waals surface area contributed by atoms with Crippen molar-refractivity contribution in [3.05, 3.63) is 29.3 Å². The number of aryl methyl sites for hydroxylation is 1. The SMILES string of the molecule is Cc1cc(N)ccc1C(=O)OCC1CCCCO1. The van der Waals surface area contributed by atoms with Crippen molar-refractivity contribution in [2.75, 3.05) is 18.9 Å². The number of hydrogen-bond acceptors (Lipinski definition) is 4. The lowest BCUT2D eigenvalue weighted by Crippen LogP contribution is -2.26. The van der Waals surface area contributed by atoms with E-state index in [1.165, 1.54) is 0 Å². The summed E-state index contributed by atoms with van der Waals surface area (Å²) < 4.78 is 10.8. The smallest absolute Gasteiger partial charge is 0.338 e. The van der Waals surface area contributed by atoms with Gasteiger partial charge in [0.05, 0.1) is 11.7 Å². The van der Waals surface area contributed by atoms with E-state index >= 15 is 0 Å². The summed E-state index contributed by atoms with van der Waals surface area (Å²) >= 11 is 0. The van der Waals surface area contributed by atoms with Crippen LogP contribution in [0.4, 0.5) is 5.69 Å². The van der Waals surface area contributed by atoms with Crippen molar-refractivity contribution in [2.45, 2.75) is 32.3 Å². The fourth-order valence-electron chi connectivity index (χ4n) is 2.10. The Morgan fingerprint density at radius 3 is 3.00 bits per heavy atom. The van der Waals surface area contributed by atoms with Crippen molar-refractivity contribution < 1.29 is 14.3 Å². The fourth-order valence-corrected chi connectivity index (χ4v) is 2.10. The van der Waals surface area contributed by atoms with E-state index in [1.54, 1.807) is 18.2 Å². The number of nitrogen functional groups attached to an aromatic ring is 1. The number of ether oxygens (including phenoxy) is 2. The predicted octanol–water partition coefficient (Wildman–Crippen LogP) is 2.30. The van der Waals surface area contributed by atoms with E-state index in [9.17, 15) is 4.79 Å². The molecule has 0 saturated carbocycles. The van der Waals surface area contributed by atoms with Gasteiger partial charge in [0.25, 0.3) is 0 Å². The summed E-state index contributed by atoms with van der Waals surface area (Å²) in [5.74, 6) is -0.304. The van der Waals surface area contributed by atoms with Crippen LogP contribution in [0.25, 0.3) is 0 Å². The average molecular weight is 249 g/mol. The zero-order valence-corrected chi connectivity index (χ0v) is 10.6. The number of rotatable bonds is 3. The summed E-state index contributed by atoms with van der Waals surface area (Å²) in [6.07, 6.45) is 3.26. The Balaban J connectivity index is 1.90. The molecule has 0 aromatic heterocycles. The zero-order chi connectivity index (χ0) is 13.0. The molecule has 1 aromatic rings. The number of hydrogen-bond donors (Lipinski definition) is 1. The van der Waals surface area contributed by atoms with Gasteiger partial charge in [-0.3, -0.25) is 0 Å². The second-order valence-electron chi connectivity index (χ2n) is 4.66. The van der Waals surface area contributed by atoms with E-state index in [-0.39, 0.29) is 12.1 Å². The fraction of sp³-hybridized carbons (Fsp3) is 0.500. The number of nitrogens with two attached hydrogens (primary N) is 1. The van der Waals surface area contributed by atoms with Crippen molar-refractivity contribution in [3.8, 4) is 0 Å². The van der Waals surface area contributed by atoms with Crippen LogP contribution in [-0.4, -0.2) is 25.3 Å². The highest BCUT2D eigenvalue weighted by atomic mass is 16.6. The maximum absolute atomic E-state index is 11.9. The number of carbonyl (C=O) groups excluding carboxylic acids is 1. The molecule has 1 atom stereocenters. The number of esters is 1. The second kappa shape index (κ2) is 5.87. The third-order valence-corrected chi connectivity index (χ3v) is 3.14. The van der Waals surface area contributed by atoms with Crippen molar-refractivity contribution in [3.63, 3.8) is 0 Å². The molecule has 0 aliphatic carbocycles. The van der Waals surface area contributed by atoms with Crippen molar-refractivity contribution in [2.24, 2.45) is 0 Å². The lowest BCUT2D eigenvalue weighted by molar-refractivity contribution is -0.0300. The summed E-state index contributed by atoms with van der Waals surface area (Å²) in [6.45, 7) is 2.95. The largest absolute Gasteiger partial charge is 0.459 e. The van der Waals surface area contributed by atoms with Crippen LogP contribution in [0.3, 0.4) is 0 Å². The maximum Gasteiger partial charge on any atom is 0.338 e. The molecule has 1 aromatic carbocycles. The van der Waals surface area contributed by atoms with Gasteiger partial charge in [-0.2, -0.15) is 0 Å². The molecule has 0 radical (unpaired) electrons. The molecule has 1 unspecified atom stereocenters. The first kappa shape index (κ1) is 12.9. The molecule has 1 aliphatic rings. The van der Waals surface area contributed by atoms with Crippen LogP contribution in [0.1, 0.15) is 35.2 Å². The van der Waals surface area contributed by atoms with Crippen LogP contribution in [0.5, 0.6) is 0 Å². The van der Waals surface area contributed by atoms with E-state index in [4.69, 9.17) is 15.2 Å². The van der Waals surface area contributed by atoms with Gasteiger partial charge >= 0.3 is 5.97 Å². The minimum absolute atomic E-state index is 0.0526. The van der Waals surface area contributed by atoms with E-state index < -0.39 is 0 Å². The highest BCUT2D eigenvalue weighted by Gasteiger charge is 2.17. The third kappa shape index (κ3) is 3.23. The molecule has 1 fully saturated rings. The monoisotopic (exact) mass is 249 g/mol. The summed E-state index contributed by atoms with van der Waals surface area (Å²) in [4.78, 5) is 11.9. The van der Waals surface area contributed by atoms with Crippen LogP contribution in [-0.2, 0) is 9.47 Å². The predicted molar refractivity (Wildman–Crippen MR) is 69.5 cm³/mol. The van der Waals surface area contributed by atoms with Gasteiger partial charge in [-0.25, -0.2) is 4.79 Å². The van der Waals surface area contributed by atoms with Gasteiger partial charge < -0.3 is 15.2 Å². The highest BCUT2D eigenvalue weighted by molar-refractivity contribution is 5.91. The molecule has 98 valence electrons. The van der Waals surface area contributed by atoms with E-state index in [0.717, 1.165) is 31.4 Å². The van der Waals surface area contributed by atoms with E-state index in [2.05, 4.69) is 0 Å². The molecule has 1 aliphatic heterocycles. The van der Waals surface area contributed by atoms with Crippen molar-refractivity contribution in [1.29, 1.82) is 0 Å². The first-order chi connectivity index (χ1) is 8.66. The van der Waals surface area contributed by atoms with Crippen LogP contribution in [0.2, 0.25) is 0 Å². The topological polar surface area (TPSA) is 61.6 Å². The molecular formula is C14H19NO3. The molecule has 18 heavy (non-hydrogen) atoms. The van der Waals surface area contributed by atoms with Crippen LogP contribution in [0, 0.1) is 6.92 Å². The molecule has 0 amide bonds. The van der Waals surface area contributed by atoms with Crippen molar-refractivity contribution >= 4 is 11.7 Å². The Labute approximate surface area is 107 Å². The van der Waals surface area contributed by atoms with Gasteiger partial charge in [0.1, 0.15) is 6.61 Å². The van der Waals surface area contributed by atoms with Crippen LogP contribution in [0.15, 0.2) is 18.2 Å². The maximum atomic E-state index is 11.9. The van der Waals surface area contributed by atoms with Crippen LogP contribution >= 0.6 is 0 Å². The highest BCUT2D eigenvalue weighted by Crippen LogP contribution is 2.16. The Kier molecular flexibility index (Phi) is 4.20. The summed E-state index contributed by atoms with van der Waals surface area (Å²) in [6, 6.07) is 5.18. The average Bonchev–Trinajstić information content (AvgIpc) is 2.37. The summed E-state index contributed by atoms with van der Waals surface area (Å²) in [5.41, 5.74) is 7.71. The molecule has 1 saturated heterocycles. The Bertz CT molecular complexity index is 425. The number of anilines is 1. The normalized spacial score (nSPS) is 19.5. The molecule has 2 rings (SSSR count). The van der Waals surface area contributed by atoms with Gasteiger partial charge in [-0.1, -0.05) is 0 Å². The molecule has 2 N–H and O–H groups in total. The van der Waals surface area contributed by atoms with Gasteiger partial charge in [0, 0.05) is 12.3 Å². The van der Waals surface area contributed by atoms with Gasteiger partial charge in [-0.15, -0.1) is 0 Å². The first-order valence-electron chi connectivity index (χ1n) is 6.31. The Hall–Kier alpha value is -1.55. The Morgan fingerprint density at radius 2 is 2.33 bits per heavy atom. The number of carbonyl (C=O) groups is 1. The molecule has 4 nitrogen and oxygen atoms in total. The quantitative estimate of drug-likeness (QED) is 0.659. The van der Waals surface area contributed by atoms with Crippen molar-refractivity contribution in [1.82, 2.24) is 0 Å². The number of benzene rings is 1. The second-order valence-corrected chi connectivity index (χ2v) is 4.66. The molecule has 4 heteroatoms. The first-order valence-corrected chi connectivity index (χ1v) is 6.31. The van der Waals surface area contributed by atoms with Gasteiger partial charge in [-0.05, 0) is 49.9 Å². The minimum Gasteiger partial charge on any atom is -0.459 e. The van der Waals surface area contributed by atoms with E-state index in [1.807, 2.05) is 6.92 Å². The third-order valence-electron chi connectivity index (χ3n) is 3.14.